The maximum absolute atomic E-state index is 12.2. The molecule has 5 aliphatic carbocycles. The van der Waals surface area contributed by atoms with Gasteiger partial charge >= 0.3 is 0 Å². The van der Waals surface area contributed by atoms with Crippen LogP contribution in [0.1, 0.15) is 106 Å². The molecule has 9 N–H and O–H groups in total. The molecule has 8 aliphatic rings. The average molecular weight is 785 g/mol. The fraction of sp³-hybridized carbons (Fsp3) is 1.00. The first-order valence-electron chi connectivity index (χ1n) is 20.9. The summed E-state index contributed by atoms with van der Waals surface area (Å²) in [5.74, 6) is -0.215. The van der Waals surface area contributed by atoms with E-state index in [1.807, 2.05) is 0 Å². The summed E-state index contributed by atoms with van der Waals surface area (Å²) in [4.78, 5) is 0. The summed E-state index contributed by atoms with van der Waals surface area (Å²) in [5.41, 5.74) is -3.16. The largest absolute Gasteiger partial charge is 0.394 e. The van der Waals surface area contributed by atoms with Gasteiger partial charge in [-0.25, -0.2) is 0 Å². The fourth-order valence-corrected chi connectivity index (χ4v) is 14.9. The van der Waals surface area contributed by atoms with Crippen LogP contribution in [0.5, 0.6) is 0 Å². The van der Waals surface area contributed by atoms with Crippen molar-refractivity contribution >= 4 is 0 Å². The van der Waals surface area contributed by atoms with E-state index in [0.717, 1.165) is 32.1 Å². The lowest BCUT2D eigenvalue weighted by molar-refractivity contribution is -0.339. The van der Waals surface area contributed by atoms with Crippen LogP contribution in [0.4, 0.5) is 0 Å². The Labute approximate surface area is 324 Å². The Bertz CT molecular complexity index is 1460. The Balaban J connectivity index is 1.15. The van der Waals surface area contributed by atoms with Crippen LogP contribution in [0, 0.1) is 44.8 Å². The van der Waals surface area contributed by atoms with Crippen molar-refractivity contribution in [2.24, 2.45) is 44.8 Å². The van der Waals surface area contributed by atoms with Crippen LogP contribution in [0.2, 0.25) is 0 Å². The predicted octanol–water partition coefficient (Wildman–Crippen LogP) is 0.724. The molecular formula is C41H68O14. The van der Waals surface area contributed by atoms with Crippen molar-refractivity contribution in [3.05, 3.63) is 0 Å². The summed E-state index contributed by atoms with van der Waals surface area (Å²) in [7, 11) is 0. The molecule has 14 nitrogen and oxygen atoms in total. The standard InChI is InChI=1S/C41H68O14/c1-35(2)24(54-33-29(48)26(45)20(44)17-51-33)9-11-41-18-40(41)13-12-37(5)31(39(7)10-8-25(55-39)36(3,4)50)19(43)15-38(37,6)23(40)14-21(32(35)41)52-34-30(49)28(47)27(46)22(16-42)53-34/h19-34,42-50H,8-18H2,1-7H3/t19?,20-,21?,22-,23?,24?,25?,26?,27?,28+,29-,30?,31?,32+,33?,34-,37?,38+,39?,40?,41?/m1/s1. The fourth-order valence-electron chi connectivity index (χ4n) is 14.9. The highest BCUT2D eigenvalue weighted by Gasteiger charge is 2.85. The van der Waals surface area contributed by atoms with Crippen molar-refractivity contribution in [2.45, 2.75) is 197 Å². The van der Waals surface area contributed by atoms with Gasteiger partial charge in [-0.1, -0.05) is 27.7 Å². The SMILES string of the molecule is CC(C)(O)C1CCC(C)(C2C(O)C[C@@]3(C)C4CC(O[C@@H]5O[C@H](CO)C(O)[C@H](O)C5O)[C@H]5C(C)(C)C(OC6OC[C@@H](O)C(O)[C@H]6O)CCC56CC46CCC23C)O1. The number of aliphatic hydroxyl groups is 9. The third kappa shape index (κ3) is 5.70. The Kier molecular flexibility index (Phi) is 9.90. The number of aliphatic hydroxyl groups excluding tert-OH is 8. The predicted molar refractivity (Wildman–Crippen MR) is 194 cm³/mol. The first kappa shape index (κ1) is 41.2. The second-order valence-corrected chi connectivity index (χ2v) is 21.1. The van der Waals surface area contributed by atoms with Crippen LogP contribution in [-0.2, 0) is 23.7 Å². The van der Waals surface area contributed by atoms with E-state index >= 15 is 0 Å². The molecular weight excluding hydrogens is 716 g/mol. The van der Waals surface area contributed by atoms with Gasteiger partial charge in [-0.15, -0.1) is 0 Å². The third-order valence-corrected chi connectivity index (χ3v) is 17.6. The second kappa shape index (κ2) is 13.2. The zero-order valence-corrected chi connectivity index (χ0v) is 33.6. The summed E-state index contributed by atoms with van der Waals surface area (Å²) in [6.45, 7) is 13.8. The Hall–Kier alpha value is -0.560. The number of hydrogen-bond donors (Lipinski definition) is 9. The van der Waals surface area contributed by atoms with Gasteiger partial charge in [0, 0.05) is 5.92 Å². The zero-order valence-electron chi connectivity index (χ0n) is 33.6. The van der Waals surface area contributed by atoms with Gasteiger partial charge in [0.25, 0.3) is 0 Å². The van der Waals surface area contributed by atoms with E-state index in [-0.39, 0.29) is 52.1 Å². The Morgan fingerprint density at radius 1 is 0.709 bits per heavy atom. The highest BCUT2D eigenvalue weighted by molar-refractivity contribution is 5.33. The van der Waals surface area contributed by atoms with E-state index in [4.69, 9.17) is 23.7 Å². The number of fused-ring (bicyclic) bond motifs is 2. The van der Waals surface area contributed by atoms with Crippen LogP contribution >= 0.6 is 0 Å². The topological polar surface area (TPSA) is 228 Å². The van der Waals surface area contributed by atoms with Gasteiger partial charge in [-0.05, 0) is 117 Å². The summed E-state index contributed by atoms with van der Waals surface area (Å²) in [6.07, 6.45) is -7.48. The lowest BCUT2D eigenvalue weighted by atomic mass is 9.41. The molecule has 55 heavy (non-hydrogen) atoms. The van der Waals surface area contributed by atoms with Gasteiger partial charge in [0.15, 0.2) is 12.6 Å². The molecule has 0 aromatic heterocycles. The van der Waals surface area contributed by atoms with Crippen LogP contribution in [-0.4, -0.2) is 150 Å². The molecule has 0 aromatic rings. The minimum atomic E-state index is -1.60. The summed E-state index contributed by atoms with van der Waals surface area (Å²) < 4.78 is 31.9. The zero-order chi connectivity index (χ0) is 40.1. The molecule has 0 amide bonds. The van der Waals surface area contributed by atoms with Gasteiger partial charge in [0.2, 0.25) is 0 Å². The summed E-state index contributed by atoms with van der Waals surface area (Å²) >= 11 is 0. The molecule has 21 atom stereocenters. The van der Waals surface area contributed by atoms with Crippen molar-refractivity contribution < 1.29 is 69.6 Å². The van der Waals surface area contributed by atoms with Gasteiger partial charge < -0.3 is 69.6 Å². The third-order valence-electron chi connectivity index (χ3n) is 17.6. The smallest absolute Gasteiger partial charge is 0.186 e. The maximum atomic E-state index is 12.2. The molecule has 316 valence electrons. The van der Waals surface area contributed by atoms with Crippen LogP contribution < -0.4 is 0 Å². The Morgan fingerprint density at radius 2 is 1.40 bits per heavy atom. The number of hydrogen-bond acceptors (Lipinski definition) is 14. The van der Waals surface area contributed by atoms with Crippen molar-refractivity contribution in [3.63, 3.8) is 0 Å². The van der Waals surface area contributed by atoms with Crippen LogP contribution in [0.3, 0.4) is 0 Å². The molecule has 0 bridgehead atoms. The summed E-state index contributed by atoms with van der Waals surface area (Å²) in [5, 5.41) is 97.2. The first-order chi connectivity index (χ1) is 25.5. The lowest BCUT2D eigenvalue weighted by Crippen LogP contribution is -2.65. The molecule has 0 aromatic carbocycles. The van der Waals surface area contributed by atoms with Gasteiger partial charge in [-0.2, -0.15) is 0 Å². The van der Waals surface area contributed by atoms with Crippen molar-refractivity contribution in [1.82, 2.24) is 0 Å². The van der Waals surface area contributed by atoms with Crippen molar-refractivity contribution in [2.75, 3.05) is 13.2 Å². The molecule has 5 saturated carbocycles. The summed E-state index contributed by atoms with van der Waals surface area (Å²) in [6, 6.07) is 0. The highest BCUT2D eigenvalue weighted by atomic mass is 16.7. The molecule has 8 fully saturated rings. The second-order valence-electron chi connectivity index (χ2n) is 21.1. The molecule has 2 spiro atoms. The van der Waals surface area contributed by atoms with Crippen molar-refractivity contribution in [3.8, 4) is 0 Å². The number of rotatable bonds is 7. The quantitative estimate of drug-likeness (QED) is 0.162. The van der Waals surface area contributed by atoms with E-state index in [2.05, 4.69) is 34.6 Å². The van der Waals surface area contributed by atoms with E-state index in [1.54, 1.807) is 13.8 Å². The van der Waals surface area contributed by atoms with Gasteiger partial charge in [0.05, 0.1) is 48.8 Å². The normalized spacial score (nSPS) is 58.7. The van der Waals surface area contributed by atoms with E-state index in [9.17, 15) is 46.0 Å². The molecule has 3 aliphatic heterocycles. The van der Waals surface area contributed by atoms with Gasteiger partial charge in [-0.3, -0.25) is 0 Å². The molecule has 14 unspecified atom stereocenters. The lowest BCUT2D eigenvalue weighted by Gasteiger charge is -2.65. The monoisotopic (exact) mass is 784 g/mol. The first-order valence-corrected chi connectivity index (χ1v) is 20.9. The van der Waals surface area contributed by atoms with Crippen LogP contribution in [0.15, 0.2) is 0 Å². The maximum Gasteiger partial charge on any atom is 0.186 e. The van der Waals surface area contributed by atoms with E-state index < -0.39 is 96.8 Å². The number of ether oxygens (including phenoxy) is 5. The van der Waals surface area contributed by atoms with E-state index in [1.165, 1.54) is 0 Å². The average Bonchev–Trinajstić information content (AvgIpc) is 3.47. The highest BCUT2D eigenvalue weighted by Crippen LogP contribution is 2.89. The molecule has 8 rings (SSSR count). The molecule has 0 radical (unpaired) electrons. The van der Waals surface area contributed by atoms with Crippen molar-refractivity contribution in [1.29, 1.82) is 0 Å². The molecule has 3 saturated heterocycles. The Morgan fingerprint density at radius 3 is 2.05 bits per heavy atom. The minimum Gasteiger partial charge on any atom is -0.394 e. The van der Waals surface area contributed by atoms with E-state index in [0.29, 0.717) is 25.7 Å². The van der Waals surface area contributed by atoms with Gasteiger partial charge in [0.1, 0.15) is 42.7 Å². The van der Waals surface area contributed by atoms with Crippen LogP contribution in [0.25, 0.3) is 0 Å². The molecule has 3 heterocycles. The minimum absolute atomic E-state index is 0.0633. The molecule has 14 heteroatoms.